The second-order valence-electron chi connectivity index (χ2n) is 4.32. The molecule has 0 aromatic rings. The first-order valence-electron chi connectivity index (χ1n) is 7.12. The largest absolute Gasteiger partial charge is 0.379 e. The third-order valence-electron chi connectivity index (χ3n) is 2.53. The molecule has 0 N–H and O–H groups in total. The standard InChI is InChI=1S/C14H27BrO4/c1-2-3-7-17-9-11-19-12-10-18-8-5-4-6-14(16)13-15/h2-13H2,1H3. The molecule has 114 valence electrons. The van der Waals surface area contributed by atoms with Gasteiger partial charge in [-0.3, -0.25) is 4.79 Å². The van der Waals surface area contributed by atoms with Crippen molar-refractivity contribution in [3.05, 3.63) is 0 Å². The summed E-state index contributed by atoms with van der Waals surface area (Å²) in [5.74, 6) is 0.256. The van der Waals surface area contributed by atoms with Gasteiger partial charge in [0.1, 0.15) is 5.78 Å². The van der Waals surface area contributed by atoms with E-state index in [1.165, 1.54) is 0 Å². The monoisotopic (exact) mass is 338 g/mol. The van der Waals surface area contributed by atoms with E-state index in [0.717, 1.165) is 32.3 Å². The van der Waals surface area contributed by atoms with E-state index < -0.39 is 0 Å². The maximum Gasteiger partial charge on any atom is 0.143 e. The second-order valence-corrected chi connectivity index (χ2v) is 4.88. The van der Waals surface area contributed by atoms with Crippen LogP contribution in [0.4, 0.5) is 0 Å². The molecular formula is C14H27BrO4. The lowest BCUT2D eigenvalue weighted by atomic mass is 10.2. The Balaban J connectivity index is 2.97. The van der Waals surface area contributed by atoms with E-state index >= 15 is 0 Å². The van der Waals surface area contributed by atoms with Gasteiger partial charge in [-0.05, 0) is 19.3 Å². The van der Waals surface area contributed by atoms with Crippen molar-refractivity contribution in [1.29, 1.82) is 0 Å². The van der Waals surface area contributed by atoms with Gasteiger partial charge in [-0.2, -0.15) is 0 Å². The Bertz CT molecular complexity index is 200. The summed E-state index contributed by atoms with van der Waals surface area (Å²) in [6, 6.07) is 0. The molecule has 0 saturated carbocycles. The van der Waals surface area contributed by atoms with E-state index in [-0.39, 0.29) is 5.78 Å². The molecular weight excluding hydrogens is 312 g/mol. The minimum Gasteiger partial charge on any atom is -0.379 e. The van der Waals surface area contributed by atoms with E-state index in [1.807, 2.05) is 0 Å². The third kappa shape index (κ3) is 16.0. The van der Waals surface area contributed by atoms with Crippen molar-refractivity contribution in [2.45, 2.75) is 39.0 Å². The maximum absolute atomic E-state index is 11.0. The molecule has 0 aliphatic heterocycles. The van der Waals surface area contributed by atoms with Crippen molar-refractivity contribution in [3.63, 3.8) is 0 Å². The lowest BCUT2D eigenvalue weighted by Gasteiger charge is -2.06. The van der Waals surface area contributed by atoms with E-state index in [4.69, 9.17) is 14.2 Å². The molecule has 0 aliphatic rings. The van der Waals surface area contributed by atoms with Crippen LogP contribution in [-0.2, 0) is 19.0 Å². The molecule has 0 radical (unpaired) electrons. The SMILES string of the molecule is CCCCOCCOCCOCCCCC(=O)CBr. The van der Waals surface area contributed by atoms with Gasteiger partial charge in [0.2, 0.25) is 0 Å². The molecule has 0 amide bonds. The normalized spacial score (nSPS) is 10.8. The van der Waals surface area contributed by atoms with Crippen LogP contribution >= 0.6 is 15.9 Å². The van der Waals surface area contributed by atoms with Crippen LogP contribution in [0.2, 0.25) is 0 Å². The molecule has 0 rings (SSSR count). The van der Waals surface area contributed by atoms with Crippen LogP contribution in [0.5, 0.6) is 0 Å². The van der Waals surface area contributed by atoms with Gasteiger partial charge in [-0.15, -0.1) is 0 Å². The molecule has 0 aromatic carbocycles. The lowest BCUT2D eigenvalue weighted by molar-refractivity contribution is -0.116. The summed E-state index contributed by atoms with van der Waals surface area (Å²) < 4.78 is 16.1. The van der Waals surface area contributed by atoms with Crippen LogP contribution in [0.25, 0.3) is 0 Å². The van der Waals surface area contributed by atoms with Crippen LogP contribution in [0, 0.1) is 0 Å². The van der Waals surface area contributed by atoms with Crippen molar-refractivity contribution in [2.75, 3.05) is 45.0 Å². The molecule has 0 unspecified atom stereocenters. The number of Topliss-reactive ketones (excluding diaryl/α,β-unsaturated/α-hetero) is 1. The van der Waals surface area contributed by atoms with Crippen molar-refractivity contribution in [1.82, 2.24) is 0 Å². The Morgan fingerprint density at radius 1 is 0.842 bits per heavy atom. The van der Waals surface area contributed by atoms with Gasteiger partial charge in [0.15, 0.2) is 0 Å². The summed E-state index contributed by atoms with van der Waals surface area (Å²) in [4.78, 5) is 11.0. The van der Waals surface area contributed by atoms with Crippen LogP contribution in [0.15, 0.2) is 0 Å². The Hall–Kier alpha value is 0.0300. The molecule has 19 heavy (non-hydrogen) atoms. The first kappa shape index (κ1) is 19.0. The van der Waals surface area contributed by atoms with Gasteiger partial charge < -0.3 is 14.2 Å². The molecule has 0 fully saturated rings. The number of alkyl halides is 1. The number of halogens is 1. The van der Waals surface area contributed by atoms with E-state index in [2.05, 4.69) is 22.9 Å². The van der Waals surface area contributed by atoms with Crippen molar-refractivity contribution >= 4 is 21.7 Å². The van der Waals surface area contributed by atoms with Crippen LogP contribution in [0.3, 0.4) is 0 Å². The molecule has 0 atom stereocenters. The summed E-state index contributed by atoms with van der Waals surface area (Å²) in [5, 5.41) is 0.460. The number of ketones is 1. The number of unbranched alkanes of at least 4 members (excludes halogenated alkanes) is 2. The van der Waals surface area contributed by atoms with E-state index in [9.17, 15) is 4.79 Å². The smallest absolute Gasteiger partial charge is 0.143 e. The molecule has 5 heteroatoms. The van der Waals surface area contributed by atoms with E-state index in [1.54, 1.807) is 0 Å². The van der Waals surface area contributed by atoms with Gasteiger partial charge in [0.05, 0.1) is 31.8 Å². The minimum absolute atomic E-state index is 0.256. The van der Waals surface area contributed by atoms with Crippen molar-refractivity contribution < 1.29 is 19.0 Å². The second kappa shape index (κ2) is 16.1. The topological polar surface area (TPSA) is 44.8 Å². The molecule has 0 aromatic heterocycles. The summed E-state index contributed by atoms with van der Waals surface area (Å²) in [6.07, 6.45) is 4.74. The Morgan fingerprint density at radius 2 is 1.37 bits per heavy atom. The number of hydrogen-bond acceptors (Lipinski definition) is 4. The lowest BCUT2D eigenvalue weighted by Crippen LogP contribution is -2.10. The zero-order valence-electron chi connectivity index (χ0n) is 12.0. The minimum atomic E-state index is 0.256. The molecule has 0 saturated heterocycles. The number of hydrogen-bond donors (Lipinski definition) is 0. The highest BCUT2D eigenvalue weighted by atomic mass is 79.9. The summed E-state index contributed by atoms with van der Waals surface area (Å²) in [5.41, 5.74) is 0. The molecule has 4 nitrogen and oxygen atoms in total. The molecule has 0 aliphatic carbocycles. The first-order chi connectivity index (χ1) is 9.31. The quantitative estimate of drug-likeness (QED) is 0.340. The third-order valence-corrected chi connectivity index (χ3v) is 3.15. The first-order valence-corrected chi connectivity index (χ1v) is 8.24. The highest BCUT2D eigenvalue weighted by molar-refractivity contribution is 9.09. The fraction of sp³-hybridized carbons (Fsp3) is 0.929. The summed E-state index contributed by atoms with van der Waals surface area (Å²) >= 11 is 3.14. The number of carbonyl (C=O) groups is 1. The summed E-state index contributed by atoms with van der Waals surface area (Å²) in [6.45, 7) is 6.18. The van der Waals surface area contributed by atoms with Gasteiger partial charge in [0.25, 0.3) is 0 Å². The highest BCUT2D eigenvalue weighted by Crippen LogP contribution is 1.99. The van der Waals surface area contributed by atoms with Crippen LogP contribution < -0.4 is 0 Å². The molecule has 0 heterocycles. The Kier molecular flexibility index (Phi) is 16.1. The zero-order chi connectivity index (χ0) is 14.2. The molecule has 0 spiro atoms. The van der Waals surface area contributed by atoms with Crippen LogP contribution in [0.1, 0.15) is 39.0 Å². The van der Waals surface area contributed by atoms with Crippen molar-refractivity contribution in [3.8, 4) is 0 Å². The predicted molar refractivity (Wildman–Crippen MR) is 80.0 cm³/mol. The Morgan fingerprint density at radius 3 is 1.89 bits per heavy atom. The number of carbonyl (C=O) groups excluding carboxylic acids is 1. The van der Waals surface area contributed by atoms with Gasteiger partial charge >= 0.3 is 0 Å². The molecule has 0 bridgehead atoms. The van der Waals surface area contributed by atoms with Gasteiger partial charge in [0, 0.05) is 19.6 Å². The Labute approximate surface area is 125 Å². The predicted octanol–water partition coefficient (Wildman–Crippen LogP) is 2.97. The zero-order valence-corrected chi connectivity index (χ0v) is 13.6. The average molecular weight is 339 g/mol. The highest BCUT2D eigenvalue weighted by Gasteiger charge is 1.98. The van der Waals surface area contributed by atoms with Crippen molar-refractivity contribution in [2.24, 2.45) is 0 Å². The number of rotatable bonds is 15. The van der Waals surface area contributed by atoms with Crippen LogP contribution in [-0.4, -0.2) is 50.8 Å². The fourth-order valence-corrected chi connectivity index (χ4v) is 1.66. The van der Waals surface area contributed by atoms with E-state index in [0.29, 0.717) is 44.8 Å². The summed E-state index contributed by atoms with van der Waals surface area (Å²) in [7, 11) is 0. The van der Waals surface area contributed by atoms with Gasteiger partial charge in [-0.25, -0.2) is 0 Å². The average Bonchev–Trinajstić information content (AvgIpc) is 2.43. The van der Waals surface area contributed by atoms with Gasteiger partial charge in [-0.1, -0.05) is 29.3 Å². The number of ether oxygens (including phenoxy) is 3. The fourth-order valence-electron chi connectivity index (χ4n) is 1.38. The maximum atomic E-state index is 11.0.